The SMILES string of the molecule is CC(C)(C)[NH-].CCO.C[Si](C)(C)O.Cl.Cl.[CH2]=[Ti].[CH3-].c1ccc2[cH-]ccc2c1. The first-order chi connectivity index (χ1) is 10.9. The van der Waals surface area contributed by atoms with Crippen molar-refractivity contribution >= 4 is 48.7 Å². The molecule has 0 unspecified atom stereocenters. The zero-order valence-electron chi connectivity index (χ0n) is 18.2. The summed E-state index contributed by atoms with van der Waals surface area (Å²) in [4.78, 5) is 11.9. The molecule has 2 rings (SSSR count). The van der Waals surface area contributed by atoms with Crippen molar-refractivity contribution in [1.82, 2.24) is 0 Å². The van der Waals surface area contributed by atoms with Crippen LogP contribution < -0.4 is 0 Å². The summed E-state index contributed by atoms with van der Waals surface area (Å²) in [5.41, 5.74) is 6.69. The van der Waals surface area contributed by atoms with Gasteiger partial charge in [0.25, 0.3) is 0 Å². The first kappa shape index (κ1) is 41.5. The first-order valence-corrected chi connectivity index (χ1v) is 12.5. The summed E-state index contributed by atoms with van der Waals surface area (Å²) < 4.78 is 0. The molecule has 0 bridgehead atoms. The van der Waals surface area contributed by atoms with Gasteiger partial charge >= 0.3 is 24.8 Å². The van der Waals surface area contributed by atoms with Crippen LogP contribution in [0.1, 0.15) is 27.7 Å². The fraction of sp³-hybridized carbons (Fsp3) is 0.450. The van der Waals surface area contributed by atoms with E-state index in [0.717, 1.165) is 0 Å². The third-order valence-corrected chi connectivity index (χ3v) is 1.55. The molecular formula is C20H40Cl2NO2SiTi-3. The molecule has 2 aromatic rings. The Balaban J connectivity index is -0.0000000547. The quantitative estimate of drug-likeness (QED) is 0.340. The van der Waals surface area contributed by atoms with E-state index >= 15 is 0 Å². The van der Waals surface area contributed by atoms with Crippen LogP contribution >= 0.6 is 24.8 Å². The largest absolute Gasteiger partial charge is 0.358 e. The molecule has 0 heterocycles. The summed E-state index contributed by atoms with van der Waals surface area (Å²) >= 11 is 1.75. The molecule has 0 saturated heterocycles. The molecule has 0 spiro atoms. The van der Waals surface area contributed by atoms with Crippen LogP contribution in [0.3, 0.4) is 0 Å². The Bertz CT molecular complexity index is 458. The topological polar surface area (TPSA) is 64.3 Å². The molecule has 3 N–H and O–H groups in total. The first-order valence-electron chi connectivity index (χ1n) is 7.92. The molecule has 27 heavy (non-hydrogen) atoms. The second-order valence-corrected chi connectivity index (χ2v) is 11.2. The summed E-state index contributed by atoms with van der Waals surface area (Å²) in [7, 11) is -1.61. The second kappa shape index (κ2) is 24.1. The average Bonchev–Trinajstić information content (AvgIpc) is 2.86. The normalized spacial score (nSPS) is 8.63. The number of benzene rings is 1. The Hall–Kier alpha value is 0.0912. The smallest absolute Gasteiger partial charge is 0.0809 e. The van der Waals surface area contributed by atoms with Crippen LogP contribution in [-0.4, -0.2) is 35.2 Å². The number of hydrogen-bond donors (Lipinski definition) is 2. The van der Waals surface area contributed by atoms with Crippen LogP contribution in [0.2, 0.25) is 19.6 Å². The van der Waals surface area contributed by atoms with E-state index in [0.29, 0.717) is 0 Å². The molecule has 0 radical (unpaired) electrons. The molecular weight excluding hydrogens is 433 g/mol. The molecule has 3 nitrogen and oxygen atoms in total. The molecule has 7 heteroatoms. The Morgan fingerprint density at radius 3 is 1.67 bits per heavy atom. The van der Waals surface area contributed by atoms with Crippen LogP contribution in [0.5, 0.6) is 0 Å². The number of nitrogens with one attached hydrogen (secondary N) is 1. The van der Waals surface area contributed by atoms with E-state index in [4.69, 9.17) is 15.6 Å². The van der Waals surface area contributed by atoms with Crippen molar-refractivity contribution in [3.63, 3.8) is 0 Å². The average molecular weight is 473 g/mol. The minimum Gasteiger partial charge on any atom is -0.358 e. The van der Waals surface area contributed by atoms with Crippen molar-refractivity contribution < 1.29 is 29.9 Å². The van der Waals surface area contributed by atoms with Crippen molar-refractivity contribution in [3.05, 3.63) is 55.6 Å². The molecule has 0 aromatic heterocycles. The maximum Gasteiger partial charge on any atom is -0.0809 e. The summed E-state index contributed by atoms with van der Waals surface area (Å²) in [5.74, 6) is 0. The third-order valence-electron chi connectivity index (χ3n) is 1.55. The van der Waals surface area contributed by atoms with Crippen LogP contribution in [0.4, 0.5) is 0 Å². The van der Waals surface area contributed by atoms with Gasteiger partial charge in [-0.3, -0.25) is 0 Å². The van der Waals surface area contributed by atoms with E-state index in [2.05, 4.69) is 47.3 Å². The zero-order chi connectivity index (χ0) is 19.8. The second-order valence-electron chi connectivity index (χ2n) is 6.89. The number of aliphatic hydroxyl groups is 1. The molecule has 162 valence electrons. The van der Waals surface area contributed by atoms with Gasteiger partial charge in [0.05, 0.1) is 0 Å². The molecule has 0 fully saturated rings. The molecule has 2 aromatic carbocycles. The standard InChI is InChI=1S/C9H7.C4H10N.C3H10OSi.C2H6O.CH3.CH2.2ClH.Ti/c1-2-5-9-7-3-6-8(9)4-1;1-4(2,3)5;1-5(2,3)4;1-2-3;;;;;/h1-7H;5H,1-3H3;4H,1-3H3;3H,2H2,1H3;1H3;1H2;2*1H;/q2*-1;;;-1;;;;. The van der Waals surface area contributed by atoms with Crippen molar-refractivity contribution in [2.24, 2.45) is 0 Å². The van der Waals surface area contributed by atoms with Gasteiger partial charge in [-0.2, -0.15) is 17.5 Å². The summed E-state index contributed by atoms with van der Waals surface area (Å²) in [6.07, 6.45) is 0. The minimum atomic E-state index is -1.61. The Labute approximate surface area is 193 Å². The van der Waals surface area contributed by atoms with Gasteiger partial charge in [-0.25, -0.2) is 0 Å². The third kappa shape index (κ3) is 51.8. The van der Waals surface area contributed by atoms with Crippen molar-refractivity contribution in [1.29, 1.82) is 0 Å². The van der Waals surface area contributed by atoms with Crippen LogP contribution in [0, 0.1) is 7.43 Å². The van der Waals surface area contributed by atoms with Crippen LogP contribution in [-0.2, 0) is 20.0 Å². The van der Waals surface area contributed by atoms with Gasteiger partial charge in [-0.05, 0) is 26.6 Å². The van der Waals surface area contributed by atoms with Gasteiger partial charge < -0.3 is 23.1 Å². The van der Waals surface area contributed by atoms with E-state index < -0.39 is 8.32 Å². The van der Waals surface area contributed by atoms with Gasteiger partial charge in [-0.15, -0.1) is 60.0 Å². The molecule has 0 aliphatic heterocycles. The molecule has 0 aliphatic rings. The number of fused-ring (bicyclic) bond motifs is 1. The number of halogens is 2. The minimum absolute atomic E-state index is 0. The van der Waals surface area contributed by atoms with E-state index in [9.17, 15) is 0 Å². The van der Waals surface area contributed by atoms with Gasteiger partial charge in [-0.1, -0.05) is 26.8 Å². The van der Waals surface area contributed by atoms with Gasteiger partial charge in [0.1, 0.15) is 0 Å². The summed E-state index contributed by atoms with van der Waals surface area (Å²) in [5, 5.41) is 10.2. The van der Waals surface area contributed by atoms with Crippen molar-refractivity contribution in [3.8, 4) is 0 Å². The maximum absolute atomic E-state index is 8.66. The predicted molar refractivity (Wildman–Crippen MR) is 130 cm³/mol. The van der Waals surface area contributed by atoms with Crippen molar-refractivity contribution in [2.75, 3.05) is 6.61 Å². The molecule has 0 amide bonds. The Kier molecular flexibility index (Phi) is 37.1. The van der Waals surface area contributed by atoms with E-state index in [1.165, 1.54) is 10.8 Å². The maximum atomic E-state index is 8.66. The van der Waals surface area contributed by atoms with E-state index in [1.807, 2.05) is 40.4 Å². The summed E-state index contributed by atoms with van der Waals surface area (Å²) in [6, 6.07) is 14.7. The number of aliphatic hydroxyl groups excluding tert-OH is 1. The van der Waals surface area contributed by atoms with Crippen molar-refractivity contribution in [2.45, 2.75) is 52.9 Å². The number of hydrogen-bond acceptors (Lipinski definition) is 2. The van der Waals surface area contributed by atoms with Crippen LogP contribution in [0.25, 0.3) is 16.5 Å². The monoisotopic (exact) mass is 472 g/mol. The fourth-order valence-electron chi connectivity index (χ4n) is 1.07. The molecule has 0 saturated carbocycles. The Morgan fingerprint density at radius 2 is 1.37 bits per heavy atom. The van der Waals surface area contributed by atoms with Gasteiger partial charge in [0.15, 0.2) is 8.32 Å². The summed E-state index contributed by atoms with van der Waals surface area (Å²) in [6.45, 7) is 13.1. The Morgan fingerprint density at radius 1 is 1.07 bits per heavy atom. The van der Waals surface area contributed by atoms with E-state index in [-0.39, 0.29) is 44.4 Å². The fourth-order valence-corrected chi connectivity index (χ4v) is 1.07. The van der Waals surface area contributed by atoms with Crippen LogP contribution in [0.15, 0.2) is 42.5 Å². The van der Waals surface area contributed by atoms with Gasteiger partial charge in [0.2, 0.25) is 0 Å². The van der Waals surface area contributed by atoms with E-state index in [1.54, 1.807) is 26.9 Å². The molecule has 0 atom stereocenters. The number of rotatable bonds is 0. The zero-order valence-corrected chi connectivity index (χ0v) is 22.4. The predicted octanol–water partition coefficient (Wildman–Crippen LogP) is 6.47. The molecule has 0 aliphatic carbocycles. The van der Waals surface area contributed by atoms with Gasteiger partial charge in [0, 0.05) is 6.61 Å².